The molecule has 0 unspecified atom stereocenters. The van der Waals surface area contributed by atoms with Crippen molar-refractivity contribution < 1.29 is 18.7 Å². The molecule has 3 aromatic rings. The Morgan fingerprint density at radius 3 is 2.67 bits per heavy atom. The molecule has 0 aliphatic carbocycles. The van der Waals surface area contributed by atoms with Gasteiger partial charge in [0, 0.05) is 11.1 Å². The van der Waals surface area contributed by atoms with Crippen LogP contribution >= 0.6 is 0 Å². The Morgan fingerprint density at radius 1 is 1.29 bits per heavy atom. The summed E-state index contributed by atoms with van der Waals surface area (Å²) < 4.78 is 19.4. The number of nitrogens with zero attached hydrogens (tertiary/aromatic N) is 3. The van der Waals surface area contributed by atoms with Gasteiger partial charge >= 0.3 is 5.97 Å². The van der Waals surface area contributed by atoms with Crippen LogP contribution in [0.5, 0.6) is 0 Å². The molecule has 0 bridgehead atoms. The van der Waals surface area contributed by atoms with Crippen molar-refractivity contribution in [2.45, 2.75) is 6.54 Å². The second-order valence-electron chi connectivity index (χ2n) is 4.39. The van der Waals surface area contributed by atoms with Crippen LogP contribution in [-0.2, 0) is 6.54 Å². The lowest BCUT2D eigenvalue weighted by Crippen LogP contribution is -2.05. The molecule has 0 amide bonds. The number of rotatable bonds is 4. The predicted octanol–water partition coefficient (Wildman–Crippen LogP) is 2.42. The van der Waals surface area contributed by atoms with Crippen molar-refractivity contribution in [3.8, 4) is 11.3 Å². The van der Waals surface area contributed by atoms with Gasteiger partial charge in [-0.25, -0.2) is 13.9 Å². The maximum absolute atomic E-state index is 13.0. The number of carboxylic acid groups (broad SMARTS) is 1. The summed E-state index contributed by atoms with van der Waals surface area (Å²) in [6, 6.07) is 7.25. The molecule has 21 heavy (non-hydrogen) atoms. The average molecular weight is 287 g/mol. The molecule has 1 aromatic carbocycles. The van der Waals surface area contributed by atoms with E-state index in [0.717, 1.165) is 5.56 Å². The van der Waals surface area contributed by atoms with Crippen molar-refractivity contribution in [2.75, 3.05) is 0 Å². The Bertz CT molecular complexity index is 763. The Labute approximate surface area is 118 Å². The highest BCUT2D eigenvalue weighted by Gasteiger charge is 2.20. The Morgan fingerprint density at radius 2 is 2.05 bits per heavy atom. The summed E-state index contributed by atoms with van der Waals surface area (Å²) >= 11 is 0. The first-order valence-corrected chi connectivity index (χ1v) is 6.09. The van der Waals surface area contributed by atoms with Crippen molar-refractivity contribution in [1.82, 2.24) is 15.0 Å². The van der Waals surface area contributed by atoms with Gasteiger partial charge in [-0.15, -0.1) is 5.10 Å². The minimum atomic E-state index is -1.19. The number of hydrogen-bond acceptors (Lipinski definition) is 4. The van der Waals surface area contributed by atoms with Gasteiger partial charge in [-0.1, -0.05) is 5.21 Å². The van der Waals surface area contributed by atoms with Crippen molar-refractivity contribution in [2.24, 2.45) is 0 Å². The standard InChI is InChI=1S/C14H10FN3O3/c15-11-3-1-10(2-4-11)13-12(14(19)20)16-17-18(13)7-9-5-6-21-8-9/h1-6,8H,7H2,(H,19,20). The second-order valence-corrected chi connectivity index (χ2v) is 4.39. The van der Waals surface area contributed by atoms with Crippen LogP contribution in [-0.4, -0.2) is 26.1 Å². The summed E-state index contributed by atoms with van der Waals surface area (Å²) in [7, 11) is 0. The zero-order valence-electron chi connectivity index (χ0n) is 10.7. The summed E-state index contributed by atoms with van der Waals surface area (Å²) in [4.78, 5) is 11.3. The molecule has 0 aliphatic rings. The van der Waals surface area contributed by atoms with Crippen LogP contribution in [0.25, 0.3) is 11.3 Å². The summed E-state index contributed by atoms with van der Waals surface area (Å²) in [6.07, 6.45) is 3.05. The highest BCUT2D eigenvalue weighted by molar-refractivity contribution is 5.92. The maximum atomic E-state index is 13.0. The minimum Gasteiger partial charge on any atom is -0.476 e. The molecule has 2 aromatic heterocycles. The zero-order valence-corrected chi connectivity index (χ0v) is 10.7. The zero-order chi connectivity index (χ0) is 14.8. The minimum absolute atomic E-state index is 0.176. The van der Waals surface area contributed by atoms with E-state index >= 15 is 0 Å². The first-order chi connectivity index (χ1) is 10.1. The van der Waals surface area contributed by atoms with Gasteiger partial charge in [0.1, 0.15) is 11.5 Å². The van der Waals surface area contributed by atoms with Crippen molar-refractivity contribution in [1.29, 1.82) is 0 Å². The SMILES string of the molecule is O=C(O)c1nnn(Cc2ccoc2)c1-c1ccc(F)cc1. The number of carboxylic acids is 1. The fourth-order valence-corrected chi connectivity index (χ4v) is 2.02. The Kier molecular flexibility index (Phi) is 3.23. The van der Waals surface area contributed by atoms with Crippen LogP contribution in [0.15, 0.2) is 47.3 Å². The molecule has 0 saturated carbocycles. The van der Waals surface area contributed by atoms with Gasteiger partial charge in [-0.05, 0) is 30.3 Å². The molecule has 2 heterocycles. The van der Waals surface area contributed by atoms with Crippen LogP contribution < -0.4 is 0 Å². The lowest BCUT2D eigenvalue weighted by atomic mass is 10.1. The molecule has 0 spiro atoms. The van der Waals surface area contributed by atoms with Crippen LogP contribution in [0, 0.1) is 5.82 Å². The fraction of sp³-hybridized carbons (Fsp3) is 0.0714. The smallest absolute Gasteiger partial charge is 0.358 e. The Hall–Kier alpha value is -2.96. The quantitative estimate of drug-likeness (QED) is 0.797. The first kappa shape index (κ1) is 13.0. The number of carbonyl (C=O) groups is 1. The molecule has 3 rings (SSSR count). The number of furan rings is 1. The van der Waals surface area contributed by atoms with Gasteiger partial charge in [0.05, 0.1) is 19.1 Å². The van der Waals surface area contributed by atoms with E-state index < -0.39 is 11.8 Å². The first-order valence-electron chi connectivity index (χ1n) is 6.09. The van der Waals surface area contributed by atoms with Gasteiger partial charge < -0.3 is 9.52 Å². The molecule has 0 fully saturated rings. The highest BCUT2D eigenvalue weighted by atomic mass is 19.1. The summed E-state index contributed by atoms with van der Waals surface area (Å²) in [5, 5.41) is 16.8. The third kappa shape index (κ3) is 2.53. The third-order valence-electron chi connectivity index (χ3n) is 2.97. The topological polar surface area (TPSA) is 81.1 Å². The molecule has 106 valence electrons. The molecule has 0 radical (unpaired) electrons. The molecule has 0 aliphatic heterocycles. The lowest BCUT2D eigenvalue weighted by Gasteiger charge is -2.06. The fourth-order valence-electron chi connectivity index (χ4n) is 2.02. The van der Waals surface area contributed by atoms with Gasteiger partial charge in [-0.3, -0.25) is 0 Å². The van der Waals surface area contributed by atoms with E-state index in [1.165, 1.54) is 41.5 Å². The van der Waals surface area contributed by atoms with Crippen molar-refractivity contribution >= 4 is 5.97 Å². The van der Waals surface area contributed by atoms with Gasteiger partial charge in [0.15, 0.2) is 5.69 Å². The van der Waals surface area contributed by atoms with Gasteiger partial charge in [0.25, 0.3) is 0 Å². The van der Waals surface area contributed by atoms with E-state index in [1.807, 2.05) is 0 Å². The van der Waals surface area contributed by atoms with E-state index in [0.29, 0.717) is 17.8 Å². The normalized spacial score (nSPS) is 10.7. The maximum Gasteiger partial charge on any atom is 0.358 e. The number of benzene rings is 1. The number of aromatic nitrogens is 3. The van der Waals surface area contributed by atoms with Crippen molar-refractivity contribution in [3.05, 3.63) is 59.9 Å². The summed E-state index contributed by atoms with van der Waals surface area (Å²) in [5.74, 6) is -1.59. The van der Waals surface area contributed by atoms with E-state index in [2.05, 4.69) is 10.3 Å². The van der Waals surface area contributed by atoms with Gasteiger partial charge in [0.2, 0.25) is 0 Å². The molecule has 0 saturated heterocycles. The molecular weight excluding hydrogens is 277 g/mol. The molecule has 6 nitrogen and oxygen atoms in total. The number of halogens is 1. The number of hydrogen-bond donors (Lipinski definition) is 1. The monoisotopic (exact) mass is 287 g/mol. The second kappa shape index (κ2) is 5.20. The molecular formula is C14H10FN3O3. The van der Waals surface area contributed by atoms with Crippen LogP contribution in [0.3, 0.4) is 0 Å². The van der Waals surface area contributed by atoms with Crippen molar-refractivity contribution in [3.63, 3.8) is 0 Å². The van der Waals surface area contributed by atoms with E-state index in [1.54, 1.807) is 6.07 Å². The summed E-state index contributed by atoms with van der Waals surface area (Å²) in [6.45, 7) is 0.309. The van der Waals surface area contributed by atoms with E-state index in [-0.39, 0.29) is 5.69 Å². The molecule has 7 heteroatoms. The van der Waals surface area contributed by atoms with Crippen LogP contribution in [0.2, 0.25) is 0 Å². The van der Waals surface area contributed by atoms with Crippen LogP contribution in [0.1, 0.15) is 16.1 Å². The lowest BCUT2D eigenvalue weighted by molar-refractivity contribution is 0.0691. The number of aromatic carboxylic acids is 1. The predicted molar refractivity (Wildman–Crippen MR) is 70.2 cm³/mol. The third-order valence-corrected chi connectivity index (χ3v) is 2.97. The largest absolute Gasteiger partial charge is 0.476 e. The van der Waals surface area contributed by atoms with Gasteiger partial charge in [-0.2, -0.15) is 0 Å². The molecule has 0 atom stereocenters. The van der Waals surface area contributed by atoms with E-state index in [9.17, 15) is 14.3 Å². The van der Waals surface area contributed by atoms with E-state index in [4.69, 9.17) is 4.42 Å². The highest BCUT2D eigenvalue weighted by Crippen LogP contribution is 2.23. The summed E-state index contributed by atoms with van der Waals surface area (Å²) in [5.41, 5.74) is 1.50. The average Bonchev–Trinajstić information content (AvgIpc) is 3.10. The van der Waals surface area contributed by atoms with Crippen LogP contribution in [0.4, 0.5) is 4.39 Å². The molecule has 1 N–H and O–H groups in total. The Balaban J connectivity index is 2.08.